The summed E-state index contributed by atoms with van der Waals surface area (Å²) in [5, 5.41) is 14.1. The number of nitrogens with zero attached hydrogens (tertiary/aromatic N) is 3. The zero-order valence-electron chi connectivity index (χ0n) is 18.1. The van der Waals surface area contributed by atoms with Gasteiger partial charge in [0.05, 0.1) is 5.57 Å². The van der Waals surface area contributed by atoms with Crippen molar-refractivity contribution in [2.45, 2.75) is 24.7 Å². The number of benzene rings is 2. The van der Waals surface area contributed by atoms with Crippen LogP contribution in [0.5, 0.6) is 0 Å². The van der Waals surface area contributed by atoms with Gasteiger partial charge in [-0.05, 0) is 49.2 Å². The van der Waals surface area contributed by atoms with Crippen LogP contribution in [-0.2, 0) is 15.0 Å². The molecule has 2 aliphatic heterocycles. The largest absolute Gasteiger partial charge is 0.324 e. The number of amides is 1. The zero-order valence-corrected chi connectivity index (χ0v) is 18.8. The Morgan fingerprint density at radius 3 is 2.56 bits per heavy atom. The summed E-state index contributed by atoms with van der Waals surface area (Å²) in [6.07, 6.45) is 5.26. The van der Waals surface area contributed by atoms with Crippen molar-refractivity contribution >= 4 is 40.5 Å². The first kappa shape index (κ1) is 20.5. The molecule has 1 atom stereocenters. The molecular formula is C27H19ClN4O2. The van der Waals surface area contributed by atoms with Crippen molar-refractivity contribution in [2.75, 3.05) is 10.2 Å². The van der Waals surface area contributed by atoms with E-state index in [1.165, 1.54) is 0 Å². The van der Waals surface area contributed by atoms with E-state index in [1.807, 2.05) is 76.5 Å². The molecule has 34 heavy (non-hydrogen) atoms. The summed E-state index contributed by atoms with van der Waals surface area (Å²) in [6.45, 7) is 0. The van der Waals surface area contributed by atoms with Gasteiger partial charge in [-0.1, -0.05) is 35.9 Å². The number of carbonyl (C=O) groups excluding carboxylic acids is 2. The van der Waals surface area contributed by atoms with E-state index in [1.54, 1.807) is 6.07 Å². The molecule has 1 N–H and O–H groups in total. The highest BCUT2D eigenvalue weighted by Gasteiger charge is 2.60. The van der Waals surface area contributed by atoms with E-state index in [4.69, 9.17) is 11.6 Å². The first-order valence-electron chi connectivity index (χ1n) is 11.1. The number of ketones is 1. The van der Waals surface area contributed by atoms with Gasteiger partial charge in [-0.2, -0.15) is 5.26 Å². The minimum absolute atomic E-state index is 0.112. The number of Topliss-reactive ketones (excluding diaryl/α,β-unsaturated/α-hetero) is 1. The quantitative estimate of drug-likeness (QED) is 0.559. The van der Waals surface area contributed by atoms with Crippen molar-refractivity contribution in [3.63, 3.8) is 0 Å². The maximum absolute atomic E-state index is 13.9. The summed E-state index contributed by atoms with van der Waals surface area (Å²) in [5.74, 6) is 0.0397. The fourth-order valence-electron chi connectivity index (χ4n) is 5.51. The predicted molar refractivity (Wildman–Crippen MR) is 130 cm³/mol. The highest BCUT2D eigenvalue weighted by atomic mass is 35.5. The fourth-order valence-corrected chi connectivity index (χ4v) is 5.69. The number of allylic oxidation sites excluding steroid dienone is 1. The normalized spacial score (nSPS) is 21.5. The molecule has 1 aliphatic carbocycles. The molecule has 6 rings (SSSR count). The lowest BCUT2D eigenvalue weighted by atomic mass is 9.63. The van der Waals surface area contributed by atoms with E-state index in [9.17, 15) is 14.9 Å². The van der Waals surface area contributed by atoms with Gasteiger partial charge in [0.2, 0.25) is 5.91 Å². The molecule has 0 unspecified atom stereocenters. The van der Waals surface area contributed by atoms with E-state index in [0.29, 0.717) is 46.9 Å². The second kappa shape index (κ2) is 7.47. The first-order valence-corrected chi connectivity index (χ1v) is 11.5. The molecule has 3 aliphatic rings. The van der Waals surface area contributed by atoms with Gasteiger partial charge in [0.25, 0.3) is 0 Å². The highest BCUT2D eigenvalue weighted by molar-refractivity contribution is 6.31. The number of halogens is 1. The lowest BCUT2D eigenvalue weighted by Crippen LogP contribution is -2.49. The van der Waals surface area contributed by atoms with Gasteiger partial charge < -0.3 is 9.88 Å². The first-order chi connectivity index (χ1) is 16.6. The Hall–Kier alpha value is -4.08. The summed E-state index contributed by atoms with van der Waals surface area (Å²) >= 11 is 6.36. The van der Waals surface area contributed by atoms with Crippen LogP contribution in [0.3, 0.4) is 0 Å². The smallest absolute Gasteiger partial charge is 0.245 e. The SMILES string of the molecule is N#CC1=C(n2cccc2)N(c2cccc(Cl)c2)C2=C(C(=O)CCC2)[C@@]12C(=O)Nc1ccccc12. The van der Waals surface area contributed by atoms with Gasteiger partial charge in [0.1, 0.15) is 17.3 Å². The Kier molecular flexibility index (Phi) is 4.51. The molecular weight excluding hydrogens is 448 g/mol. The van der Waals surface area contributed by atoms with E-state index >= 15 is 0 Å². The van der Waals surface area contributed by atoms with Crippen molar-refractivity contribution < 1.29 is 9.59 Å². The molecule has 1 amide bonds. The topological polar surface area (TPSA) is 78.1 Å². The second-order valence-corrected chi connectivity index (χ2v) is 9.00. The summed E-state index contributed by atoms with van der Waals surface area (Å²) < 4.78 is 1.83. The molecule has 0 radical (unpaired) electrons. The molecule has 0 saturated heterocycles. The molecule has 0 saturated carbocycles. The molecule has 0 fully saturated rings. The molecule has 2 aromatic carbocycles. The number of hydrogen-bond acceptors (Lipinski definition) is 4. The van der Waals surface area contributed by atoms with Gasteiger partial charge in [-0.15, -0.1) is 0 Å². The average Bonchev–Trinajstić information content (AvgIpc) is 3.46. The molecule has 7 heteroatoms. The van der Waals surface area contributed by atoms with Crippen molar-refractivity contribution in [3.05, 3.63) is 100 Å². The second-order valence-electron chi connectivity index (χ2n) is 8.56. The van der Waals surface area contributed by atoms with Crippen LogP contribution < -0.4 is 10.2 Å². The number of rotatable bonds is 2. The maximum atomic E-state index is 13.9. The molecule has 1 spiro atoms. The Morgan fingerprint density at radius 1 is 1.00 bits per heavy atom. The molecule has 166 valence electrons. The van der Waals surface area contributed by atoms with Crippen LogP contribution in [0.25, 0.3) is 5.82 Å². The van der Waals surface area contributed by atoms with Crippen LogP contribution in [0.4, 0.5) is 11.4 Å². The Labute approximate surface area is 201 Å². The van der Waals surface area contributed by atoms with Crippen LogP contribution in [-0.4, -0.2) is 16.3 Å². The van der Waals surface area contributed by atoms with Crippen LogP contribution >= 0.6 is 11.6 Å². The van der Waals surface area contributed by atoms with E-state index in [-0.39, 0.29) is 17.3 Å². The van der Waals surface area contributed by atoms with Gasteiger partial charge in [-0.25, -0.2) is 0 Å². The minimum Gasteiger partial charge on any atom is -0.324 e. The zero-order chi connectivity index (χ0) is 23.4. The monoisotopic (exact) mass is 466 g/mol. The van der Waals surface area contributed by atoms with Crippen molar-refractivity contribution in [3.8, 4) is 6.07 Å². The number of para-hydroxylation sites is 1. The van der Waals surface area contributed by atoms with Gasteiger partial charge in [0, 0.05) is 52.0 Å². The third-order valence-corrected chi connectivity index (χ3v) is 7.02. The highest BCUT2D eigenvalue weighted by Crippen LogP contribution is 2.56. The molecule has 0 bridgehead atoms. The maximum Gasteiger partial charge on any atom is 0.245 e. The minimum atomic E-state index is -1.51. The van der Waals surface area contributed by atoms with E-state index in [2.05, 4.69) is 11.4 Å². The summed E-state index contributed by atoms with van der Waals surface area (Å²) in [7, 11) is 0. The number of anilines is 2. The Balaban J connectivity index is 1.79. The van der Waals surface area contributed by atoms with Gasteiger partial charge in [0.15, 0.2) is 5.78 Å². The number of nitrogens with one attached hydrogen (secondary N) is 1. The molecule has 3 aromatic rings. The third-order valence-electron chi connectivity index (χ3n) is 6.79. The lowest BCUT2D eigenvalue weighted by Gasteiger charge is -2.44. The lowest BCUT2D eigenvalue weighted by molar-refractivity contribution is -0.122. The van der Waals surface area contributed by atoms with Gasteiger partial charge in [-0.3, -0.25) is 14.5 Å². The average molecular weight is 467 g/mol. The van der Waals surface area contributed by atoms with Gasteiger partial charge >= 0.3 is 0 Å². The number of fused-ring (bicyclic) bond motifs is 3. The summed E-state index contributed by atoms with van der Waals surface area (Å²) in [6, 6.07) is 20.7. The van der Waals surface area contributed by atoms with Crippen LogP contribution in [0.2, 0.25) is 5.02 Å². The Bertz CT molecular complexity index is 1480. The van der Waals surface area contributed by atoms with Crippen molar-refractivity contribution in [1.29, 1.82) is 5.26 Å². The van der Waals surface area contributed by atoms with Crippen LogP contribution in [0.1, 0.15) is 24.8 Å². The van der Waals surface area contributed by atoms with Crippen LogP contribution in [0, 0.1) is 11.3 Å². The molecule has 3 heterocycles. The summed E-state index contributed by atoms with van der Waals surface area (Å²) in [4.78, 5) is 29.4. The predicted octanol–water partition coefficient (Wildman–Crippen LogP) is 5.25. The van der Waals surface area contributed by atoms with Crippen molar-refractivity contribution in [2.24, 2.45) is 0 Å². The summed E-state index contributed by atoms with van der Waals surface area (Å²) in [5.41, 5.74) is 1.80. The van der Waals surface area contributed by atoms with Crippen LogP contribution in [0.15, 0.2) is 89.9 Å². The van der Waals surface area contributed by atoms with Crippen molar-refractivity contribution in [1.82, 2.24) is 4.57 Å². The number of hydrogen-bond donors (Lipinski definition) is 1. The molecule has 1 aromatic heterocycles. The Morgan fingerprint density at radius 2 is 1.79 bits per heavy atom. The van der Waals surface area contributed by atoms with E-state index < -0.39 is 5.41 Å². The van der Waals surface area contributed by atoms with E-state index in [0.717, 1.165) is 11.4 Å². The number of nitriles is 1. The molecule has 6 nitrogen and oxygen atoms in total. The number of aromatic nitrogens is 1. The third kappa shape index (κ3) is 2.62. The fraction of sp³-hybridized carbons (Fsp3) is 0.148. The number of carbonyl (C=O) groups is 2. The standard InChI is InChI=1S/C27H19ClN4O2/c28-17-7-5-8-18(15-17)32-22-11-6-12-23(33)24(22)27(19-9-1-2-10-21(19)30-26(27)34)20(16-29)25(32)31-13-3-4-14-31/h1-5,7-10,13-15H,6,11-12H2,(H,30,34)/t27-/m0/s1.